The third-order valence-corrected chi connectivity index (χ3v) is 7.60. The number of benzene rings is 1. The first kappa shape index (κ1) is 18.8. The molecule has 1 atom stereocenters. The molecule has 1 aromatic carbocycles. The zero-order valence-corrected chi connectivity index (χ0v) is 15.8. The van der Waals surface area contributed by atoms with Gasteiger partial charge in [-0.2, -0.15) is 4.31 Å². The second-order valence-corrected chi connectivity index (χ2v) is 9.42. The van der Waals surface area contributed by atoms with Gasteiger partial charge in [-0.25, -0.2) is 12.8 Å². The van der Waals surface area contributed by atoms with E-state index in [-0.39, 0.29) is 10.9 Å². The number of sulfonamides is 1. The van der Waals surface area contributed by atoms with E-state index in [0.717, 1.165) is 38.1 Å². The summed E-state index contributed by atoms with van der Waals surface area (Å²) in [7, 11) is -3.51. The molecular formula is C19H29FN2O2S. The van der Waals surface area contributed by atoms with Crippen LogP contribution in [0.3, 0.4) is 0 Å². The monoisotopic (exact) mass is 368 g/mol. The largest absolute Gasteiger partial charge is 0.303 e. The van der Waals surface area contributed by atoms with Crippen LogP contribution in [-0.2, 0) is 10.0 Å². The predicted octanol–water partition coefficient (Wildman–Crippen LogP) is 3.49. The first-order valence-electron chi connectivity index (χ1n) is 9.46. The van der Waals surface area contributed by atoms with Gasteiger partial charge in [-0.05, 0) is 88.3 Å². The Hall–Kier alpha value is -0.980. The Bertz CT molecular complexity index is 655. The van der Waals surface area contributed by atoms with Crippen molar-refractivity contribution in [3.8, 4) is 0 Å². The zero-order valence-electron chi connectivity index (χ0n) is 15.0. The van der Waals surface area contributed by atoms with Gasteiger partial charge in [0.2, 0.25) is 10.0 Å². The van der Waals surface area contributed by atoms with Crippen molar-refractivity contribution in [2.45, 2.75) is 56.4 Å². The van der Waals surface area contributed by atoms with E-state index in [0.29, 0.717) is 6.54 Å². The molecule has 0 N–H and O–H groups in total. The van der Waals surface area contributed by atoms with Gasteiger partial charge in [0.25, 0.3) is 0 Å². The van der Waals surface area contributed by atoms with E-state index in [4.69, 9.17) is 0 Å². The minimum Gasteiger partial charge on any atom is -0.303 e. The lowest BCUT2D eigenvalue weighted by Crippen LogP contribution is -2.37. The highest BCUT2D eigenvalue weighted by molar-refractivity contribution is 7.89. The van der Waals surface area contributed by atoms with Crippen LogP contribution in [0.5, 0.6) is 0 Å². The highest BCUT2D eigenvalue weighted by Crippen LogP contribution is 2.29. The van der Waals surface area contributed by atoms with Gasteiger partial charge in [0, 0.05) is 12.6 Å². The molecule has 0 radical (unpaired) electrons. The molecule has 2 aliphatic rings. The van der Waals surface area contributed by atoms with E-state index in [1.165, 1.54) is 50.2 Å². The molecule has 2 heterocycles. The zero-order chi connectivity index (χ0) is 17.9. The fourth-order valence-electron chi connectivity index (χ4n) is 3.99. The van der Waals surface area contributed by atoms with Crippen molar-refractivity contribution in [3.63, 3.8) is 0 Å². The van der Waals surface area contributed by atoms with Gasteiger partial charge in [0.1, 0.15) is 5.82 Å². The van der Waals surface area contributed by atoms with Crippen molar-refractivity contribution in [2.75, 3.05) is 26.2 Å². The van der Waals surface area contributed by atoms with Crippen LogP contribution in [0.1, 0.15) is 45.4 Å². The van der Waals surface area contributed by atoms with E-state index in [1.807, 2.05) is 0 Å². The number of halogens is 1. The summed E-state index contributed by atoms with van der Waals surface area (Å²) in [5.41, 5.74) is 0. The van der Waals surface area contributed by atoms with Gasteiger partial charge in [0.05, 0.1) is 4.90 Å². The van der Waals surface area contributed by atoms with E-state index in [1.54, 1.807) is 4.31 Å². The van der Waals surface area contributed by atoms with Crippen molar-refractivity contribution in [1.82, 2.24) is 9.21 Å². The van der Waals surface area contributed by atoms with Gasteiger partial charge < -0.3 is 4.90 Å². The highest BCUT2D eigenvalue weighted by atomic mass is 32.2. The number of likely N-dealkylation sites (tertiary alicyclic amines) is 1. The first-order valence-corrected chi connectivity index (χ1v) is 10.9. The van der Waals surface area contributed by atoms with E-state index >= 15 is 0 Å². The van der Waals surface area contributed by atoms with Crippen molar-refractivity contribution < 1.29 is 12.8 Å². The smallest absolute Gasteiger partial charge is 0.243 e. The molecule has 0 spiro atoms. The second kappa shape index (κ2) is 8.14. The molecule has 2 aliphatic heterocycles. The second-order valence-electron chi connectivity index (χ2n) is 7.53. The molecule has 4 nitrogen and oxygen atoms in total. The molecule has 0 unspecified atom stereocenters. The van der Waals surface area contributed by atoms with E-state index in [2.05, 4.69) is 11.8 Å². The maximum Gasteiger partial charge on any atom is 0.243 e. The number of hydrogen-bond acceptors (Lipinski definition) is 3. The summed E-state index contributed by atoms with van der Waals surface area (Å²) < 4.78 is 40.4. The van der Waals surface area contributed by atoms with Crippen molar-refractivity contribution >= 4 is 10.0 Å². The predicted molar refractivity (Wildman–Crippen MR) is 97.4 cm³/mol. The van der Waals surface area contributed by atoms with Gasteiger partial charge in [-0.15, -0.1) is 0 Å². The van der Waals surface area contributed by atoms with Crippen LogP contribution >= 0.6 is 0 Å². The summed E-state index contributed by atoms with van der Waals surface area (Å²) in [5.74, 6) is 0.426. The summed E-state index contributed by atoms with van der Waals surface area (Å²) in [6.07, 6.45) is 6.33. The lowest BCUT2D eigenvalue weighted by molar-refractivity contribution is 0.185. The standard InChI is InChI=1S/C19H29FN2O2S/c1-16-10-14-21(15-11-16)12-2-4-18-5-3-13-22(18)25(23,24)19-8-6-17(20)7-9-19/h6-9,16,18H,2-5,10-15H2,1H3/t18-/m0/s1. The average Bonchev–Trinajstić information content (AvgIpc) is 3.06. The quantitative estimate of drug-likeness (QED) is 0.772. The lowest BCUT2D eigenvalue weighted by Gasteiger charge is -2.31. The molecule has 0 aromatic heterocycles. The van der Waals surface area contributed by atoms with Gasteiger partial charge in [-0.3, -0.25) is 0 Å². The van der Waals surface area contributed by atoms with Crippen LogP contribution in [-0.4, -0.2) is 49.8 Å². The number of piperidine rings is 1. The molecule has 0 saturated carbocycles. The lowest BCUT2D eigenvalue weighted by atomic mass is 9.99. The Labute approximate surface area is 151 Å². The number of nitrogens with zero attached hydrogens (tertiary/aromatic N) is 2. The SMILES string of the molecule is CC1CCN(CCC[C@H]2CCCN2S(=O)(=O)c2ccc(F)cc2)CC1. The van der Waals surface area contributed by atoms with Crippen LogP contribution in [0.2, 0.25) is 0 Å². The maximum absolute atomic E-state index is 13.1. The fourth-order valence-corrected chi connectivity index (χ4v) is 5.72. The minimum absolute atomic E-state index is 0.0822. The molecular weight excluding hydrogens is 339 g/mol. The molecule has 140 valence electrons. The molecule has 3 rings (SSSR count). The highest BCUT2D eigenvalue weighted by Gasteiger charge is 2.34. The normalized spacial score (nSPS) is 24.0. The van der Waals surface area contributed by atoms with Crippen molar-refractivity contribution in [3.05, 3.63) is 30.1 Å². The Kier molecular flexibility index (Phi) is 6.12. The Balaban J connectivity index is 1.56. The molecule has 1 aromatic rings. The molecule has 0 bridgehead atoms. The Morgan fingerprint density at radius 1 is 1.08 bits per heavy atom. The van der Waals surface area contributed by atoms with E-state index in [9.17, 15) is 12.8 Å². The molecule has 0 amide bonds. The maximum atomic E-state index is 13.1. The first-order chi connectivity index (χ1) is 12.0. The average molecular weight is 369 g/mol. The van der Waals surface area contributed by atoms with Crippen LogP contribution in [0.15, 0.2) is 29.2 Å². The molecule has 0 aliphatic carbocycles. The van der Waals surface area contributed by atoms with Crippen LogP contribution in [0.25, 0.3) is 0 Å². The molecule has 6 heteroatoms. The molecule has 2 saturated heterocycles. The molecule has 2 fully saturated rings. The summed E-state index contributed by atoms with van der Waals surface area (Å²) >= 11 is 0. The Morgan fingerprint density at radius 3 is 2.44 bits per heavy atom. The minimum atomic E-state index is -3.51. The van der Waals surface area contributed by atoms with Crippen LogP contribution in [0, 0.1) is 11.7 Å². The van der Waals surface area contributed by atoms with Crippen molar-refractivity contribution in [1.29, 1.82) is 0 Å². The van der Waals surface area contributed by atoms with Gasteiger partial charge in [-0.1, -0.05) is 6.92 Å². The summed E-state index contributed by atoms with van der Waals surface area (Å²) in [6, 6.07) is 5.26. The summed E-state index contributed by atoms with van der Waals surface area (Å²) in [6.45, 7) is 6.29. The molecule has 25 heavy (non-hydrogen) atoms. The third-order valence-electron chi connectivity index (χ3n) is 5.63. The van der Waals surface area contributed by atoms with Gasteiger partial charge >= 0.3 is 0 Å². The Morgan fingerprint density at radius 2 is 1.76 bits per heavy atom. The summed E-state index contributed by atoms with van der Waals surface area (Å²) in [4.78, 5) is 2.71. The number of hydrogen-bond donors (Lipinski definition) is 0. The number of rotatable bonds is 6. The van der Waals surface area contributed by atoms with E-state index < -0.39 is 15.8 Å². The van der Waals surface area contributed by atoms with Crippen molar-refractivity contribution in [2.24, 2.45) is 5.92 Å². The fraction of sp³-hybridized carbons (Fsp3) is 0.684. The summed E-state index contributed by atoms with van der Waals surface area (Å²) in [5, 5.41) is 0. The van der Waals surface area contributed by atoms with Crippen LogP contribution in [0.4, 0.5) is 4.39 Å². The third kappa shape index (κ3) is 4.60. The van der Waals surface area contributed by atoms with Gasteiger partial charge in [0.15, 0.2) is 0 Å². The topological polar surface area (TPSA) is 40.6 Å². The van der Waals surface area contributed by atoms with Crippen LogP contribution < -0.4 is 0 Å².